The maximum absolute atomic E-state index is 12.0. The number of hydrogen-bond acceptors (Lipinski definition) is 3. The van der Waals surface area contributed by atoms with Crippen molar-refractivity contribution in [1.82, 2.24) is 4.90 Å². The van der Waals surface area contributed by atoms with Crippen LogP contribution in [-0.2, 0) is 4.74 Å². The Morgan fingerprint density at radius 3 is 2.42 bits per heavy atom. The molecule has 0 aromatic rings. The van der Waals surface area contributed by atoms with Crippen LogP contribution in [-0.4, -0.2) is 40.9 Å². The summed E-state index contributed by atoms with van der Waals surface area (Å²) in [6.07, 6.45) is 2.28. The van der Waals surface area contributed by atoms with Gasteiger partial charge in [-0.05, 0) is 33.1 Å². The van der Waals surface area contributed by atoms with Gasteiger partial charge in [0.05, 0.1) is 6.10 Å². The molecule has 0 saturated carbocycles. The molecule has 1 unspecified atom stereocenters. The molecule has 112 valence electrons. The smallest absolute Gasteiger partial charge is 0.410 e. The molecule has 0 aliphatic carbocycles. The summed E-state index contributed by atoms with van der Waals surface area (Å²) in [4.78, 5) is 13.7. The number of nitrogens with zero attached hydrogens (tertiary/aromatic N) is 1. The third-order valence-electron chi connectivity index (χ3n) is 3.89. The van der Waals surface area contributed by atoms with Crippen LogP contribution >= 0.6 is 0 Å². The van der Waals surface area contributed by atoms with Gasteiger partial charge in [0, 0.05) is 19.0 Å². The SMILES string of the molecule is CCC(CC)[C@H](O)C1CCN(C(=O)OC(C)(C)C)C1. The zero-order valence-electron chi connectivity index (χ0n) is 13.0. The monoisotopic (exact) mass is 271 g/mol. The van der Waals surface area contributed by atoms with Crippen molar-refractivity contribution in [1.29, 1.82) is 0 Å². The summed E-state index contributed by atoms with van der Waals surface area (Å²) in [5.41, 5.74) is -0.455. The van der Waals surface area contributed by atoms with Crippen molar-refractivity contribution in [2.45, 2.75) is 65.6 Å². The number of rotatable bonds is 4. The Kier molecular flexibility index (Phi) is 5.65. The molecular formula is C15H29NO3. The fourth-order valence-corrected chi connectivity index (χ4v) is 2.71. The Hall–Kier alpha value is -0.770. The summed E-state index contributed by atoms with van der Waals surface area (Å²) in [6.45, 7) is 11.1. The lowest BCUT2D eigenvalue weighted by Gasteiger charge is -2.27. The summed E-state index contributed by atoms with van der Waals surface area (Å²) in [5.74, 6) is 0.529. The van der Waals surface area contributed by atoms with Crippen LogP contribution in [0.1, 0.15) is 53.9 Å². The van der Waals surface area contributed by atoms with Crippen molar-refractivity contribution in [3.63, 3.8) is 0 Å². The molecule has 4 nitrogen and oxygen atoms in total. The van der Waals surface area contributed by atoms with Crippen LogP contribution in [0.4, 0.5) is 4.79 Å². The van der Waals surface area contributed by atoms with Crippen molar-refractivity contribution in [2.24, 2.45) is 11.8 Å². The van der Waals surface area contributed by atoms with Crippen LogP contribution in [0.25, 0.3) is 0 Å². The molecule has 0 aromatic heterocycles. The maximum Gasteiger partial charge on any atom is 0.410 e. The predicted octanol–water partition coefficient (Wildman–Crippen LogP) is 3.04. The number of carbonyl (C=O) groups is 1. The van der Waals surface area contributed by atoms with Crippen molar-refractivity contribution in [3.05, 3.63) is 0 Å². The van der Waals surface area contributed by atoms with E-state index < -0.39 is 5.60 Å². The Bertz CT molecular complexity index is 294. The summed E-state index contributed by atoms with van der Waals surface area (Å²) >= 11 is 0. The molecular weight excluding hydrogens is 242 g/mol. The van der Waals surface area contributed by atoms with Crippen molar-refractivity contribution < 1.29 is 14.6 Å². The minimum atomic E-state index is -0.455. The van der Waals surface area contributed by atoms with E-state index in [1.54, 1.807) is 4.90 Å². The molecule has 0 spiro atoms. The van der Waals surface area contributed by atoms with Gasteiger partial charge in [0.2, 0.25) is 0 Å². The Morgan fingerprint density at radius 2 is 1.95 bits per heavy atom. The largest absolute Gasteiger partial charge is 0.444 e. The maximum atomic E-state index is 12.0. The molecule has 0 radical (unpaired) electrons. The summed E-state index contributed by atoms with van der Waals surface area (Å²) in [6, 6.07) is 0. The van der Waals surface area contributed by atoms with Gasteiger partial charge in [-0.2, -0.15) is 0 Å². The van der Waals surface area contributed by atoms with Gasteiger partial charge in [0.15, 0.2) is 0 Å². The Balaban J connectivity index is 2.51. The fraction of sp³-hybridized carbons (Fsp3) is 0.933. The second-order valence-corrected chi connectivity index (χ2v) is 6.54. The van der Waals surface area contributed by atoms with Gasteiger partial charge in [-0.15, -0.1) is 0 Å². The number of likely N-dealkylation sites (tertiary alicyclic amines) is 1. The molecule has 1 fully saturated rings. The van der Waals surface area contributed by atoms with Crippen LogP contribution in [0.5, 0.6) is 0 Å². The first kappa shape index (κ1) is 16.3. The highest BCUT2D eigenvalue weighted by Gasteiger charge is 2.35. The van der Waals surface area contributed by atoms with E-state index >= 15 is 0 Å². The van der Waals surface area contributed by atoms with E-state index in [-0.39, 0.29) is 18.1 Å². The molecule has 0 bridgehead atoms. The van der Waals surface area contributed by atoms with Crippen LogP contribution < -0.4 is 0 Å². The molecule has 1 heterocycles. The highest BCUT2D eigenvalue weighted by molar-refractivity contribution is 5.68. The number of amides is 1. The summed E-state index contributed by atoms with van der Waals surface area (Å²) in [5, 5.41) is 10.4. The third-order valence-corrected chi connectivity index (χ3v) is 3.89. The minimum absolute atomic E-state index is 0.192. The highest BCUT2D eigenvalue weighted by atomic mass is 16.6. The molecule has 1 amide bonds. The predicted molar refractivity (Wildman–Crippen MR) is 76.0 cm³/mol. The number of aliphatic hydroxyl groups is 1. The topological polar surface area (TPSA) is 49.8 Å². The number of aliphatic hydroxyl groups excluding tert-OH is 1. The van der Waals surface area contributed by atoms with Crippen molar-refractivity contribution >= 4 is 6.09 Å². The summed E-state index contributed by atoms with van der Waals surface area (Å²) in [7, 11) is 0. The molecule has 1 aliphatic heterocycles. The van der Waals surface area contributed by atoms with Crippen LogP contribution in [0.2, 0.25) is 0 Å². The standard InChI is InChI=1S/C15H29NO3/c1-6-11(7-2)13(17)12-8-9-16(10-12)14(18)19-15(3,4)5/h11-13,17H,6-10H2,1-5H3/t12?,13-/m0/s1. The highest BCUT2D eigenvalue weighted by Crippen LogP contribution is 2.28. The lowest BCUT2D eigenvalue weighted by molar-refractivity contribution is 0.0225. The van der Waals surface area contributed by atoms with Gasteiger partial charge in [-0.1, -0.05) is 26.7 Å². The number of carbonyl (C=O) groups excluding carboxylic acids is 1. The van der Waals surface area contributed by atoms with E-state index in [4.69, 9.17) is 4.74 Å². The zero-order valence-corrected chi connectivity index (χ0v) is 13.0. The fourth-order valence-electron chi connectivity index (χ4n) is 2.71. The molecule has 2 atom stereocenters. The van der Waals surface area contributed by atoms with E-state index in [9.17, 15) is 9.90 Å². The molecule has 19 heavy (non-hydrogen) atoms. The second kappa shape index (κ2) is 6.60. The van der Waals surface area contributed by atoms with E-state index in [2.05, 4.69) is 13.8 Å². The Morgan fingerprint density at radius 1 is 1.37 bits per heavy atom. The second-order valence-electron chi connectivity index (χ2n) is 6.54. The average molecular weight is 271 g/mol. The summed E-state index contributed by atoms with van der Waals surface area (Å²) < 4.78 is 5.37. The van der Waals surface area contributed by atoms with Gasteiger partial charge >= 0.3 is 6.09 Å². The lowest BCUT2D eigenvalue weighted by Crippen LogP contribution is -2.37. The van der Waals surface area contributed by atoms with Crippen molar-refractivity contribution in [3.8, 4) is 0 Å². The van der Waals surface area contributed by atoms with Gasteiger partial charge < -0.3 is 14.7 Å². The van der Waals surface area contributed by atoms with Gasteiger partial charge in [0.25, 0.3) is 0 Å². The molecule has 1 rings (SSSR count). The average Bonchev–Trinajstić information content (AvgIpc) is 2.77. The van der Waals surface area contributed by atoms with Gasteiger partial charge in [-0.3, -0.25) is 0 Å². The van der Waals surface area contributed by atoms with Gasteiger partial charge in [-0.25, -0.2) is 4.79 Å². The molecule has 1 aliphatic rings. The van der Waals surface area contributed by atoms with Crippen LogP contribution in [0, 0.1) is 11.8 Å². The van der Waals surface area contributed by atoms with E-state index in [1.807, 2.05) is 20.8 Å². The first-order valence-corrected chi connectivity index (χ1v) is 7.44. The first-order valence-electron chi connectivity index (χ1n) is 7.44. The normalized spacial score (nSPS) is 21.8. The molecule has 1 N–H and O–H groups in total. The van der Waals surface area contributed by atoms with E-state index in [1.165, 1.54) is 0 Å². The molecule has 1 saturated heterocycles. The first-order chi connectivity index (χ1) is 8.78. The third kappa shape index (κ3) is 4.68. The Labute approximate surface area is 117 Å². The van der Waals surface area contributed by atoms with Crippen molar-refractivity contribution in [2.75, 3.05) is 13.1 Å². The number of ether oxygens (including phenoxy) is 1. The van der Waals surface area contributed by atoms with E-state index in [0.29, 0.717) is 19.0 Å². The molecule has 0 aromatic carbocycles. The molecule has 4 heteroatoms. The zero-order chi connectivity index (χ0) is 14.6. The van der Waals surface area contributed by atoms with Crippen LogP contribution in [0.15, 0.2) is 0 Å². The lowest BCUT2D eigenvalue weighted by atomic mass is 9.87. The quantitative estimate of drug-likeness (QED) is 0.855. The number of hydrogen-bond donors (Lipinski definition) is 1. The van der Waals surface area contributed by atoms with Crippen LogP contribution in [0.3, 0.4) is 0 Å². The van der Waals surface area contributed by atoms with Gasteiger partial charge in [0.1, 0.15) is 5.60 Å². The van der Waals surface area contributed by atoms with E-state index in [0.717, 1.165) is 19.3 Å². The minimum Gasteiger partial charge on any atom is -0.444 e.